The monoisotopic (exact) mass is 331 g/mol. The summed E-state index contributed by atoms with van der Waals surface area (Å²) in [6.45, 7) is -0.974. The second kappa shape index (κ2) is 5.36. The van der Waals surface area contributed by atoms with Gasteiger partial charge in [0.05, 0.1) is 6.54 Å². The molecule has 0 N–H and O–H groups in total. The molecule has 0 aromatic heterocycles. The van der Waals surface area contributed by atoms with E-state index in [0.29, 0.717) is 8.78 Å². The number of hydrogen-bond donors (Lipinski definition) is 0. The molecule has 0 saturated heterocycles. The summed E-state index contributed by atoms with van der Waals surface area (Å²) in [5.41, 5.74) is 0. The molecule has 0 amide bonds. The lowest BCUT2D eigenvalue weighted by Gasteiger charge is -2.16. The Morgan fingerprint density at radius 3 is 2.47 bits per heavy atom. The Kier molecular flexibility index (Phi) is 4.56. The maximum Gasteiger partial charge on any atom is 0.252 e. The molecule has 1 rings (SSSR count). The van der Waals surface area contributed by atoms with Gasteiger partial charge in [-0.25, -0.2) is 21.6 Å². The van der Waals surface area contributed by atoms with E-state index in [1.54, 1.807) is 0 Å². The second-order valence-corrected chi connectivity index (χ2v) is 6.18. The molecule has 96 valence electrons. The van der Waals surface area contributed by atoms with E-state index in [1.807, 2.05) is 0 Å². The van der Waals surface area contributed by atoms with Gasteiger partial charge in [-0.05, 0) is 18.2 Å². The summed E-state index contributed by atoms with van der Waals surface area (Å²) in [7, 11) is -3.25. The zero-order chi connectivity index (χ0) is 13.2. The van der Waals surface area contributed by atoms with Crippen LogP contribution in [-0.2, 0) is 10.0 Å². The van der Waals surface area contributed by atoms with Crippen molar-refractivity contribution in [1.82, 2.24) is 4.31 Å². The van der Waals surface area contributed by atoms with Crippen LogP contribution in [0.4, 0.5) is 13.2 Å². The quantitative estimate of drug-likeness (QED) is 0.850. The van der Waals surface area contributed by atoms with Gasteiger partial charge in [0.1, 0.15) is 10.7 Å². The highest BCUT2D eigenvalue weighted by molar-refractivity contribution is 9.10. The fourth-order valence-electron chi connectivity index (χ4n) is 1.14. The predicted octanol–water partition coefficient (Wildman–Crippen LogP) is 2.47. The molecule has 0 atom stereocenters. The average Bonchev–Trinajstić information content (AvgIpc) is 2.15. The minimum absolute atomic E-state index is 0.366. The van der Waals surface area contributed by atoms with Gasteiger partial charge < -0.3 is 0 Å². The first-order valence-corrected chi connectivity index (χ1v) is 6.68. The van der Waals surface area contributed by atoms with Crippen LogP contribution in [0.5, 0.6) is 0 Å². The van der Waals surface area contributed by atoms with Crippen LogP contribution in [0.15, 0.2) is 27.6 Å². The lowest BCUT2D eigenvalue weighted by atomic mass is 10.3. The van der Waals surface area contributed by atoms with Crippen molar-refractivity contribution < 1.29 is 21.6 Å². The molecule has 17 heavy (non-hydrogen) atoms. The van der Waals surface area contributed by atoms with Crippen molar-refractivity contribution in [2.45, 2.75) is 11.3 Å². The van der Waals surface area contributed by atoms with Crippen LogP contribution >= 0.6 is 15.9 Å². The maximum absolute atomic E-state index is 13.4. The van der Waals surface area contributed by atoms with Gasteiger partial charge in [-0.2, -0.15) is 4.31 Å². The number of halogens is 4. The molecule has 0 bridgehead atoms. The molecule has 0 heterocycles. The summed E-state index contributed by atoms with van der Waals surface area (Å²) >= 11 is 2.97. The standard InChI is InChI=1S/C9H9BrF3NO2S/c1-14(5-9(12)13)17(15,16)8-3-2-6(10)4-7(8)11/h2-4,9H,5H2,1H3. The molecule has 1 aromatic rings. The molecule has 1 aromatic carbocycles. The molecule has 0 aliphatic rings. The van der Waals surface area contributed by atoms with Crippen molar-refractivity contribution in [2.24, 2.45) is 0 Å². The first kappa shape index (κ1) is 14.5. The van der Waals surface area contributed by atoms with Crippen LogP contribution in [0, 0.1) is 5.82 Å². The smallest absolute Gasteiger partial charge is 0.209 e. The first-order valence-electron chi connectivity index (χ1n) is 4.44. The molecule has 3 nitrogen and oxygen atoms in total. The Morgan fingerprint density at radius 1 is 1.41 bits per heavy atom. The highest BCUT2D eigenvalue weighted by atomic mass is 79.9. The molecule has 0 aliphatic carbocycles. The lowest BCUT2D eigenvalue weighted by molar-refractivity contribution is 0.126. The van der Waals surface area contributed by atoms with Crippen molar-refractivity contribution in [1.29, 1.82) is 0 Å². The van der Waals surface area contributed by atoms with Gasteiger partial charge in [-0.1, -0.05) is 15.9 Å². The van der Waals surface area contributed by atoms with Gasteiger partial charge in [0.25, 0.3) is 6.43 Å². The van der Waals surface area contributed by atoms with Crippen molar-refractivity contribution >= 4 is 26.0 Å². The van der Waals surface area contributed by atoms with Crippen molar-refractivity contribution in [3.05, 3.63) is 28.5 Å². The zero-order valence-corrected chi connectivity index (χ0v) is 11.1. The van der Waals surface area contributed by atoms with E-state index in [0.717, 1.165) is 19.2 Å². The van der Waals surface area contributed by atoms with E-state index >= 15 is 0 Å². The number of benzene rings is 1. The average molecular weight is 332 g/mol. The highest BCUT2D eigenvalue weighted by Gasteiger charge is 2.26. The largest absolute Gasteiger partial charge is 0.252 e. The number of nitrogens with zero attached hydrogens (tertiary/aromatic N) is 1. The fraction of sp³-hybridized carbons (Fsp3) is 0.333. The Hall–Kier alpha value is -0.600. The van der Waals surface area contributed by atoms with Crippen LogP contribution < -0.4 is 0 Å². The van der Waals surface area contributed by atoms with E-state index in [-0.39, 0.29) is 0 Å². The van der Waals surface area contributed by atoms with Crippen molar-refractivity contribution in [3.8, 4) is 0 Å². The zero-order valence-electron chi connectivity index (χ0n) is 8.70. The third-order valence-corrected chi connectivity index (χ3v) is 4.33. The van der Waals surface area contributed by atoms with Crippen LogP contribution in [0.2, 0.25) is 0 Å². The van der Waals surface area contributed by atoms with E-state index in [9.17, 15) is 21.6 Å². The lowest BCUT2D eigenvalue weighted by Crippen LogP contribution is -2.31. The van der Waals surface area contributed by atoms with E-state index in [2.05, 4.69) is 15.9 Å². The minimum Gasteiger partial charge on any atom is -0.209 e. The SMILES string of the molecule is CN(CC(F)F)S(=O)(=O)c1ccc(Br)cc1F. The van der Waals surface area contributed by atoms with Gasteiger partial charge in [-0.15, -0.1) is 0 Å². The summed E-state index contributed by atoms with van der Waals surface area (Å²) in [5.74, 6) is -0.986. The van der Waals surface area contributed by atoms with Crippen molar-refractivity contribution in [2.75, 3.05) is 13.6 Å². The Labute approximate surface area is 105 Å². The van der Waals surface area contributed by atoms with Gasteiger partial charge >= 0.3 is 0 Å². The van der Waals surface area contributed by atoms with E-state index in [1.165, 1.54) is 6.07 Å². The summed E-state index contributed by atoms with van der Waals surface area (Å²) in [4.78, 5) is -0.621. The highest BCUT2D eigenvalue weighted by Crippen LogP contribution is 2.22. The molecule has 0 radical (unpaired) electrons. The molecule has 0 saturated carbocycles. The second-order valence-electron chi connectivity index (χ2n) is 3.25. The Bertz CT molecular complexity index is 507. The van der Waals surface area contributed by atoms with E-state index < -0.39 is 33.7 Å². The van der Waals surface area contributed by atoms with Gasteiger partial charge in [0.2, 0.25) is 10.0 Å². The van der Waals surface area contributed by atoms with Gasteiger partial charge in [0.15, 0.2) is 0 Å². The summed E-state index contributed by atoms with van der Waals surface area (Å²) in [6, 6.07) is 3.31. The topological polar surface area (TPSA) is 37.4 Å². The molecule has 0 spiro atoms. The fourth-order valence-corrected chi connectivity index (χ4v) is 2.67. The summed E-state index contributed by atoms with van der Waals surface area (Å²) in [5, 5.41) is 0. The van der Waals surface area contributed by atoms with Gasteiger partial charge in [-0.3, -0.25) is 0 Å². The van der Waals surface area contributed by atoms with Crippen molar-refractivity contribution in [3.63, 3.8) is 0 Å². The molecule has 0 aliphatic heterocycles. The Morgan fingerprint density at radius 2 is 2.00 bits per heavy atom. The third-order valence-electron chi connectivity index (χ3n) is 1.98. The van der Waals surface area contributed by atoms with E-state index in [4.69, 9.17) is 0 Å². The number of rotatable bonds is 4. The van der Waals surface area contributed by atoms with Crippen LogP contribution in [0.3, 0.4) is 0 Å². The summed E-state index contributed by atoms with van der Waals surface area (Å²) < 4.78 is 61.9. The number of hydrogen-bond acceptors (Lipinski definition) is 2. The first-order chi connectivity index (χ1) is 7.75. The molecule has 0 fully saturated rings. The third kappa shape index (κ3) is 3.43. The molecule has 0 unspecified atom stereocenters. The normalized spacial score (nSPS) is 12.4. The number of alkyl halides is 2. The van der Waals surface area contributed by atoms with Crippen LogP contribution in [0.1, 0.15) is 0 Å². The van der Waals surface area contributed by atoms with Gasteiger partial charge in [0, 0.05) is 11.5 Å². The number of sulfonamides is 1. The Balaban J connectivity index is 3.13. The van der Waals surface area contributed by atoms with Crippen LogP contribution in [0.25, 0.3) is 0 Å². The summed E-state index contributed by atoms with van der Waals surface area (Å²) in [6.07, 6.45) is -2.81. The molecular weight excluding hydrogens is 323 g/mol. The minimum atomic E-state index is -4.22. The maximum atomic E-state index is 13.4. The molecular formula is C9H9BrF3NO2S. The predicted molar refractivity (Wildman–Crippen MR) is 59.9 cm³/mol. The van der Waals surface area contributed by atoms with Crippen LogP contribution in [-0.4, -0.2) is 32.7 Å². The molecule has 8 heteroatoms.